The fourth-order valence-corrected chi connectivity index (χ4v) is 4.74. The van der Waals surface area contributed by atoms with Gasteiger partial charge in [0, 0.05) is 32.1 Å². The number of hydrogen-bond acceptors (Lipinski definition) is 4. The molecule has 3 aliphatic heterocycles. The van der Waals surface area contributed by atoms with Crippen LogP contribution in [0.15, 0.2) is 29.2 Å². The molecule has 3 saturated heterocycles. The van der Waals surface area contributed by atoms with Crippen molar-refractivity contribution in [3.63, 3.8) is 0 Å². The number of rotatable bonds is 2. The first-order chi connectivity index (χ1) is 12.2. The van der Waals surface area contributed by atoms with E-state index in [1.54, 1.807) is 12.1 Å². The molecular formula is C20H34N2O3S. The fraction of sp³-hybridized carbons (Fsp3) is 0.700. The monoisotopic (exact) mass is 382 g/mol. The van der Waals surface area contributed by atoms with Crippen LogP contribution in [-0.2, 0) is 14.8 Å². The maximum absolute atomic E-state index is 12.0. The van der Waals surface area contributed by atoms with Crippen molar-refractivity contribution in [2.45, 2.75) is 32.6 Å². The molecule has 6 heteroatoms. The van der Waals surface area contributed by atoms with Crippen molar-refractivity contribution >= 4 is 10.0 Å². The van der Waals surface area contributed by atoms with Crippen LogP contribution in [0.3, 0.4) is 0 Å². The van der Waals surface area contributed by atoms with Crippen LogP contribution >= 0.6 is 0 Å². The first kappa shape index (κ1) is 21.4. The predicted octanol–water partition coefficient (Wildman–Crippen LogP) is 2.86. The number of sulfonamides is 1. The van der Waals surface area contributed by atoms with Gasteiger partial charge in [-0.05, 0) is 37.9 Å². The van der Waals surface area contributed by atoms with Crippen molar-refractivity contribution in [2.24, 2.45) is 17.8 Å². The third-order valence-corrected chi connectivity index (χ3v) is 6.59. The molecule has 26 heavy (non-hydrogen) atoms. The smallest absolute Gasteiger partial charge is 0.243 e. The van der Waals surface area contributed by atoms with Crippen molar-refractivity contribution in [3.05, 3.63) is 29.8 Å². The molecule has 0 unspecified atom stereocenters. The molecule has 0 spiro atoms. The molecule has 148 valence electrons. The second kappa shape index (κ2) is 9.31. The van der Waals surface area contributed by atoms with Gasteiger partial charge >= 0.3 is 0 Å². The fourth-order valence-electron chi connectivity index (χ4n) is 3.06. The highest BCUT2D eigenvalue weighted by Gasteiger charge is 2.33. The summed E-state index contributed by atoms with van der Waals surface area (Å²) in [7, 11) is -1.07. The SMILES string of the molecule is CC1CN(C)C1.CC1COC1.Cc1ccc(S(=O)(=O)N2CC(C)C2)cc1. The highest BCUT2D eigenvalue weighted by molar-refractivity contribution is 7.89. The maximum Gasteiger partial charge on any atom is 0.243 e. The highest BCUT2D eigenvalue weighted by atomic mass is 32.2. The van der Waals surface area contributed by atoms with E-state index < -0.39 is 10.0 Å². The van der Waals surface area contributed by atoms with Gasteiger partial charge in [0.25, 0.3) is 0 Å². The molecule has 1 aromatic rings. The Bertz CT molecular complexity index is 638. The quantitative estimate of drug-likeness (QED) is 0.789. The van der Waals surface area contributed by atoms with E-state index in [0.29, 0.717) is 23.9 Å². The van der Waals surface area contributed by atoms with Gasteiger partial charge in [0.05, 0.1) is 18.1 Å². The molecule has 3 aliphatic rings. The summed E-state index contributed by atoms with van der Waals surface area (Å²) >= 11 is 0. The van der Waals surface area contributed by atoms with Crippen LogP contribution in [-0.4, -0.2) is 64.1 Å². The molecule has 5 nitrogen and oxygen atoms in total. The normalized spacial score (nSPS) is 22.0. The summed E-state index contributed by atoms with van der Waals surface area (Å²) in [6.07, 6.45) is 0. The lowest BCUT2D eigenvalue weighted by Crippen LogP contribution is -2.48. The van der Waals surface area contributed by atoms with Gasteiger partial charge in [0.15, 0.2) is 0 Å². The third-order valence-electron chi connectivity index (χ3n) is 4.74. The minimum absolute atomic E-state index is 0.403. The highest BCUT2D eigenvalue weighted by Crippen LogP contribution is 2.24. The zero-order chi connectivity index (χ0) is 19.3. The summed E-state index contributed by atoms with van der Waals surface area (Å²) in [6, 6.07) is 7.01. The Morgan fingerprint density at radius 2 is 1.35 bits per heavy atom. The Morgan fingerprint density at radius 1 is 0.885 bits per heavy atom. The largest absolute Gasteiger partial charge is 0.381 e. The van der Waals surface area contributed by atoms with Gasteiger partial charge in [-0.15, -0.1) is 0 Å². The molecular weight excluding hydrogens is 348 g/mol. The Hall–Kier alpha value is -0.950. The van der Waals surface area contributed by atoms with Gasteiger partial charge in [0.2, 0.25) is 10.0 Å². The Labute approximate surface area is 159 Å². The summed E-state index contributed by atoms with van der Waals surface area (Å²) in [5.41, 5.74) is 1.07. The van der Waals surface area contributed by atoms with Crippen molar-refractivity contribution < 1.29 is 13.2 Å². The van der Waals surface area contributed by atoms with E-state index in [1.807, 2.05) is 19.1 Å². The van der Waals surface area contributed by atoms with Gasteiger partial charge < -0.3 is 9.64 Å². The molecule has 3 heterocycles. The maximum atomic E-state index is 12.0. The number of likely N-dealkylation sites (tertiary alicyclic amines) is 1. The molecule has 0 atom stereocenters. The Balaban J connectivity index is 0.000000179. The van der Waals surface area contributed by atoms with E-state index in [-0.39, 0.29) is 0 Å². The van der Waals surface area contributed by atoms with Crippen LogP contribution in [0.25, 0.3) is 0 Å². The molecule has 0 radical (unpaired) electrons. The standard InChI is InChI=1S/C11H15NO2S.C5H11N.C4H8O/c1-9-3-5-11(6-4-9)15(13,14)12-7-10(2)8-12;1-5-3-6(2)4-5;1-4-2-5-3-4/h3-6,10H,7-8H2,1-2H3;5H,3-4H2,1-2H3;4H,2-3H2,1H3. The third kappa shape index (κ3) is 6.05. The zero-order valence-electron chi connectivity index (χ0n) is 16.8. The van der Waals surface area contributed by atoms with Gasteiger partial charge in [-0.1, -0.05) is 38.5 Å². The molecule has 3 fully saturated rings. The summed E-state index contributed by atoms with van der Waals surface area (Å²) in [5, 5.41) is 0. The number of nitrogens with zero attached hydrogens (tertiary/aromatic N) is 2. The van der Waals surface area contributed by atoms with Crippen LogP contribution in [0.4, 0.5) is 0 Å². The average Bonchev–Trinajstić information content (AvgIpc) is 2.50. The van der Waals surface area contributed by atoms with Crippen molar-refractivity contribution in [1.29, 1.82) is 0 Å². The van der Waals surface area contributed by atoms with Crippen LogP contribution in [0.1, 0.15) is 26.3 Å². The number of ether oxygens (including phenoxy) is 1. The lowest BCUT2D eigenvalue weighted by Gasteiger charge is -2.35. The molecule has 0 bridgehead atoms. The van der Waals surface area contributed by atoms with Crippen molar-refractivity contribution in [2.75, 3.05) is 46.4 Å². The molecule has 0 aromatic heterocycles. The number of benzene rings is 1. The minimum Gasteiger partial charge on any atom is -0.381 e. The van der Waals surface area contributed by atoms with E-state index in [2.05, 4.69) is 32.7 Å². The van der Waals surface area contributed by atoms with Gasteiger partial charge in [-0.3, -0.25) is 0 Å². The summed E-state index contributed by atoms with van der Waals surface area (Å²) in [6.45, 7) is 14.3. The number of hydrogen-bond donors (Lipinski definition) is 0. The van der Waals surface area contributed by atoms with Crippen molar-refractivity contribution in [3.8, 4) is 0 Å². The van der Waals surface area contributed by atoms with E-state index in [1.165, 1.54) is 17.4 Å². The molecule has 0 aliphatic carbocycles. The average molecular weight is 383 g/mol. The topological polar surface area (TPSA) is 49.9 Å². The lowest BCUT2D eigenvalue weighted by molar-refractivity contribution is -0.0221. The molecule has 0 amide bonds. The Kier molecular flexibility index (Phi) is 7.64. The molecule has 1 aromatic carbocycles. The zero-order valence-corrected chi connectivity index (χ0v) is 17.6. The van der Waals surface area contributed by atoms with Crippen LogP contribution in [0.5, 0.6) is 0 Å². The van der Waals surface area contributed by atoms with Gasteiger partial charge in [-0.2, -0.15) is 4.31 Å². The van der Waals surface area contributed by atoms with Crippen LogP contribution in [0.2, 0.25) is 0 Å². The summed E-state index contributed by atoms with van der Waals surface area (Å²) in [4.78, 5) is 2.73. The van der Waals surface area contributed by atoms with Crippen LogP contribution in [0, 0.1) is 24.7 Å². The van der Waals surface area contributed by atoms with E-state index in [0.717, 1.165) is 30.6 Å². The van der Waals surface area contributed by atoms with E-state index >= 15 is 0 Å². The van der Waals surface area contributed by atoms with Gasteiger partial charge in [-0.25, -0.2) is 8.42 Å². The summed E-state index contributed by atoms with van der Waals surface area (Å²) in [5.74, 6) is 2.30. The van der Waals surface area contributed by atoms with Crippen LogP contribution < -0.4 is 0 Å². The van der Waals surface area contributed by atoms with E-state index in [9.17, 15) is 8.42 Å². The predicted molar refractivity (Wildman–Crippen MR) is 106 cm³/mol. The first-order valence-corrected chi connectivity index (χ1v) is 11.0. The Morgan fingerprint density at radius 3 is 1.62 bits per heavy atom. The summed E-state index contributed by atoms with van der Waals surface area (Å²) < 4.78 is 30.4. The second-order valence-corrected chi connectivity index (χ2v) is 10.1. The first-order valence-electron chi connectivity index (χ1n) is 9.51. The van der Waals surface area contributed by atoms with Crippen molar-refractivity contribution in [1.82, 2.24) is 9.21 Å². The number of aryl methyl sites for hydroxylation is 1. The molecule has 0 N–H and O–H groups in total. The van der Waals surface area contributed by atoms with Gasteiger partial charge in [0.1, 0.15) is 0 Å². The second-order valence-electron chi connectivity index (χ2n) is 8.21. The lowest BCUT2D eigenvalue weighted by atomic mass is 10.1. The molecule has 0 saturated carbocycles. The van der Waals surface area contributed by atoms with E-state index in [4.69, 9.17) is 4.74 Å². The minimum atomic E-state index is -3.22. The molecule has 4 rings (SSSR count).